The lowest BCUT2D eigenvalue weighted by Crippen LogP contribution is -2.36. The highest BCUT2D eigenvalue weighted by Crippen LogP contribution is 2.28. The van der Waals surface area contributed by atoms with E-state index in [1.807, 2.05) is 0 Å². The number of nitrogens with one attached hydrogen (secondary N) is 1. The van der Waals surface area contributed by atoms with Gasteiger partial charge in [0.15, 0.2) is 11.0 Å². The van der Waals surface area contributed by atoms with Crippen molar-refractivity contribution in [3.8, 4) is 0 Å². The third-order valence-electron chi connectivity index (χ3n) is 3.24. The first-order valence-electron chi connectivity index (χ1n) is 6.11. The largest absolute Gasteiger partial charge is 0.388 e. The van der Waals surface area contributed by atoms with E-state index in [-0.39, 0.29) is 10.4 Å². The molecular formula is C11H16Cl2N4O. The number of aliphatic hydroxyl groups is 1. The molecule has 0 spiro atoms. The molecule has 1 heterocycles. The average Bonchev–Trinajstić information content (AvgIpc) is 2.56. The Balaban J connectivity index is 1.99. The molecule has 1 fully saturated rings. The first-order valence-corrected chi connectivity index (χ1v) is 6.87. The second-order valence-electron chi connectivity index (χ2n) is 4.71. The lowest BCUT2D eigenvalue weighted by Gasteiger charge is -2.27. The lowest BCUT2D eigenvalue weighted by molar-refractivity contribution is 0.0380. The maximum Gasteiger partial charge on any atom is 0.245 e. The van der Waals surface area contributed by atoms with E-state index in [1.165, 1.54) is 12.8 Å². The predicted octanol–water partition coefficient (Wildman–Crippen LogP) is 2.68. The van der Waals surface area contributed by atoms with E-state index in [4.69, 9.17) is 23.2 Å². The molecule has 1 saturated carbocycles. The smallest absolute Gasteiger partial charge is 0.245 e. The third-order valence-corrected chi connectivity index (χ3v) is 3.65. The number of aromatic nitrogens is 3. The second kappa shape index (κ2) is 5.99. The van der Waals surface area contributed by atoms with Gasteiger partial charge in [-0.25, -0.2) is 0 Å². The first kappa shape index (κ1) is 13.8. The van der Waals surface area contributed by atoms with Gasteiger partial charge >= 0.3 is 0 Å². The first-order chi connectivity index (χ1) is 8.59. The van der Waals surface area contributed by atoms with Crippen LogP contribution in [0.15, 0.2) is 0 Å². The van der Waals surface area contributed by atoms with Crippen LogP contribution in [0.2, 0.25) is 10.4 Å². The molecule has 1 aliphatic carbocycles. The second-order valence-corrected chi connectivity index (χ2v) is 5.41. The summed E-state index contributed by atoms with van der Waals surface area (Å²) in [5, 5.41) is 20.9. The highest BCUT2D eigenvalue weighted by Gasteiger charge is 2.28. The van der Waals surface area contributed by atoms with E-state index in [0.29, 0.717) is 12.4 Å². The molecule has 1 aromatic heterocycles. The molecule has 0 aromatic carbocycles. The predicted molar refractivity (Wildman–Crippen MR) is 71.0 cm³/mol. The zero-order valence-corrected chi connectivity index (χ0v) is 11.5. The van der Waals surface area contributed by atoms with Crippen molar-refractivity contribution >= 4 is 29.0 Å². The topological polar surface area (TPSA) is 70.9 Å². The fraction of sp³-hybridized carbons (Fsp3) is 0.727. The Morgan fingerprint density at radius 3 is 2.44 bits per heavy atom. The molecule has 0 atom stereocenters. The summed E-state index contributed by atoms with van der Waals surface area (Å²) in [5.74, 6) is 0.370. The van der Waals surface area contributed by atoms with Gasteiger partial charge < -0.3 is 10.4 Å². The molecule has 1 aromatic rings. The average molecular weight is 291 g/mol. The minimum atomic E-state index is -0.697. The Morgan fingerprint density at radius 2 is 1.78 bits per heavy atom. The van der Waals surface area contributed by atoms with E-state index in [1.54, 1.807) is 0 Å². The van der Waals surface area contributed by atoms with Crippen LogP contribution in [0.3, 0.4) is 0 Å². The Bertz CT molecular complexity index is 408. The van der Waals surface area contributed by atoms with Gasteiger partial charge in [0.2, 0.25) is 5.28 Å². The number of halogens is 2. The molecule has 0 unspecified atom stereocenters. The number of hydrogen-bond acceptors (Lipinski definition) is 5. The lowest BCUT2D eigenvalue weighted by atomic mass is 9.94. The SMILES string of the molecule is OC1(CNc2nc(Cl)nnc2Cl)CCCCCC1. The van der Waals surface area contributed by atoms with E-state index < -0.39 is 5.60 Å². The van der Waals surface area contributed by atoms with E-state index in [2.05, 4.69) is 20.5 Å². The van der Waals surface area contributed by atoms with Gasteiger partial charge in [-0.2, -0.15) is 4.98 Å². The summed E-state index contributed by atoms with van der Waals surface area (Å²) in [6.45, 7) is 0.405. The number of rotatable bonds is 3. The van der Waals surface area contributed by atoms with Gasteiger partial charge in [-0.15, -0.1) is 10.2 Å². The Kier molecular flexibility index (Phi) is 4.59. The van der Waals surface area contributed by atoms with Gasteiger partial charge in [0.25, 0.3) is 0 Å². The van der Waals surface area contributed by atoms with Crippen molar-refractivity contribution in [3.63, 3.8) is 0 Å². The van der Waals surface area contributed by atoms with Crippen molar-refractivity contribution in [1.82, 2.24) is 15.2 Å². The zero-order chi connectivity index (χ0) is 13.0. The fourth-order valence-electron chi connectivity index (χ4n) is 2.22. The zero-order valence-electron chi connectivity index (χ0n) is 9.99. The summed E-state index contributed by atoms with van der Waals surface area (Å²) < 4.78 is 0. The number of nitrogens with zero attached hydrogens (tertiary/aromatic N) is 3. The van der Waals surface area contributed by atoms with Crippen molar-refractivity contribution in [2.75, 3.05) is 11.9 Å². The summed E-state index contributed by atoms with van der Waals surface area (Å²) in [6.07, 6.45) is 6.06. The van der Waals surface area contributed by atoms with Crippen LogP contribution >= 0.6 is 23.2 Å². The molecular weight excluding hydrogens is 275 g/mol. The van der Waals surface area contributed by atoms with Crippen LogP contribution in [0.1, 0.15) is 38.5 Å². The highest BCUT2D eigenvalue weighted by atomic mass is 35.5. The Morgan fingerprint density at radius 1 is 1.11 bits per heavy atom. The third kappa shape index (κ3) is 3.67. The monoisotopic (exact) mass is 290 g/mol. The normalized spacial score (nSPS) is 19.3. The molecule has 1 aliphatic rings. The van der Waals surface area contributed by atoms with Crippen LogP contribution in [0, 0.1) is 0 Å². The van der Waals surface area contributed by atoms with E-state index >= 15 is 0 Å². The summed E-state index contributed by atoms with van der Waals surface area (Å²) in [5.41, 5.74) is -0.697. The highest BCUT2D eigenvalue weighted by molar-refractivity contribution is 6.32. The molecule has 0 bridgehead atoms. The van der Waals surface area contributed by atoms with E-state index in [0.717, 1.165) is 25.7 Å². The van der Waals surface area contributed by atoms with Gasteiger partial charge in [0, 0.05) is 6.54 Å². The van der Waals surface area contributed by atoms with Gasteiger partial charge in [0.1, 0.15) is 0 Å². The van der Waals surface area contributed by atoms with Gasteiger partial charge in [-0.05, 0) is 24.4 Å². The van der Waals surface area contributed by atoms with Crippen molar-refractivity contribution in [3.05, 3.63) is 10.4 Å². The van der Waals surface area contributed by atoms with Crippen molar-refractivity contribution in [2.24, 2.45) is 0 Å². The maximum atomic E-state index is 10.5. The van der Waals surface area contributed by atoms with Gasteiger partial charge in [-0.1, -0.05) is 37.3 Å². The molecule has 18 heavy (non-hydrogen) atoms. The van der Waals surface area contributed by atoms with Crippen molar-refractivity contribution in [1.29, 1.82) is 0 Å². The molecule has 0 aliphatic heterocycles. The van der Waals surface area contributed by atoms with Crippen LogP contribution in [0.25, 0.3) is 0 Å². The molecule has 2 N–H and O–H groups in total. The van der Waals surface area contributed by atoms with E-state index in [9.17, 15) is 5.11 Å². The molecule has 0 saturated heterocycles. The maximum absolute atomic E-state index is 10.5. The molecule has 7 heteroatoms. The van der Waals surface area contributed by atoms with Crippen LogP contribution in [0.5, 0.6) is 0 Å². The summed E-state index contributed by atoms with van der Waals surface area (Å²) in [4.78, 5) is 3.95. The number of hydrogen-bond donors (Lipinski definition) is 2. The van der Waals surface area contributed by atoms with Gasteiger partial charge in [0.05, 0.1) is 5.60 Å². The summed E-state index contributed by atoms with van der Waals surface area (Å²) in [6, 6.07) is 0. The van der Waals surface area contributed by atoms with Crippen molar-refractivity contribution < 1.29 is 5.11 Å². The van der Waals surface area contributed by atoms with Crippen LogP contribution in [-0.4, -0.2) is 32.4 Å². The fourth-order valence-corrected chi connectivity index (χ4v) is 2.49. The quantitative estimate of drug-likeness (QED) is 0.838. The minimum absolute atomic E-state index is 0.0368. The Hall–Kier alpha value is -0.650. The standard InChI is InChI=1S/C11H16Cl2N4O/c12-8-9(15-10(13)17-16-8)14-7-11(18)5-3-1-2-4-6-11/h18H,1-7H2,(H,14,15,17). The summed E-state index contributed by atoms with van der Waals surface area (Å²) >= 11 is 11.5. The van der Waals surface area contributed by atoms with Gasteiger partial charge in [-0.3, -0.25) is 0 Å². The minimum Gasteiger partial charge on any atom is -0.388 e. The molecule has 2 rings (SSSR count). The summed E-state index contributed by atoms with van der Waals surface area (Å²) in [7, 11) is 0. The molecule has 5 nitrogen and oxygen atoms in total. The Labute approximate surface area is 116 Å². The molecule has 0 radical (unpaired) electrons. The van der Waals surface area contributed by atoms with Crippen molar-refractivity contribution in [2.45, 2.75) is 44.1 Å². The molecule has 0 amide bonds. The molecule has 100 valence electrons. The van der Waals surface area contributed by atoms with Crippen LogP contribution in [-0.2, 0) is 0 Å². The van der Waals surface area contributed by atoms with Crippen LogP contribution < -0.4 is 5.32 Å². The number of anilines is 1. The van der Waals surface area contributed by atoms with Crippen LogP contribution in [0.4, 0.5) is 5.82 Å².